The van der Waals surface area contributed by atoms with E-state index in [1.54, 1.807) is 13.8 Å². The van der Waals surface area contributed by atoms with Gasteiger partial charge in [0.2, 0.25) is 0 Å². The number of aromatic nitrogens is 3. The van der Waals surface area contributed by atoms with Crippen molar-refractivity contribution in [1.29, 1.82) is 0 Å². The number of carbonyl (C=O) groups is 2. The molecule has 0 bridgehead atoms. The molecular weight excluding hydrogens is 386 g/mol. The van der Waals surface area contributed by atoms with E-state index in [1.807, 2.05) is 6.92 Å². The van der Waals surface area contributed by atoms with Crippen LogP contribution < -0.4 is 10.1 Å². The first-order valence-corrected chi connectivity index (χ1v) is 8.83. The number of aldehydes is 1. The molecule has 29 heavy (non-hydrogen) atoms. The van der Waals surface area contributed by atoms with Gasteiger partial charge in [-0.25, -0.2) is 28.5 Å². The standard InChI is InChI=1S/C19H22F2N4O4/c1-11(8-19(2,3)25-18(27)28)10-29-14-5-4-12(24-16(14)17(20)21)13-6-7-22-15(9-26)23-13/h4-7,9,11,17,25H,8,10H2,1-3H3,(H,27,28)/t11-/m0/s1. The molecule has 0 fully saturated rings. The number of halogens is 2. The third kappa shape index (κ3) is 6.44. The lowest BCUT2D eigenvalue weighted by Gasteiger charge is -2.28. The van der Waals surface area contributed by atoms with Crippen molar-refractivity contribution in [3.05, 3.63) is 35.9 Å². The van der Waals surface area contributed by atoms with Gasteiger partial charge in [-0.05, 0) is 44.4 Å². The molecule has 0 aliphatic heterocycles. The van der Waals surface area contributed by atoms with Crippen molar-refractivity contribution < 1.29 is 28.2 Å². The van der Waals surface area contributed by atoms with Gasteiger partial charge in [0.15, 0.2) is 12.1 Å². The number of amides is 1. The van der Waals surface area contributed by atoms with Crippen molar-refractivity contribution in [2.24, 2.45) is 5.92 Å². The van der Waals surface area contributed by atoms with Crippen LogP contribution in [0.1, 0.15) is 49.9 Å². The van der Waals surface area contributed by atoms with Crippen molar-refractivity contribution in [2.75, 3.05) is 6.61 Å². The molecule has 0 aromatic carbocycles. The number of alkyl halides is 2. The van der Waals surface area contributed by atoms with Gasteiger partial charge < -0.3 is 15.2 Å². The lowest BCUT2D eigenvalue weighted by Crippen LogP contribution is -2.44. The second-order valence-electron chi connectivity index (χ2n) is 7.23. The van der Waals surface area contributed by atoms with Crippen LogP contribution in [0.25, 0.3) is 11.4 Å². The normalized spacial score (nSPS) is 12.5. The predicted octanol–water partition coefficient (Wildman–Crippen LogP) is 3.74. The Bertz CT molecular complexity index is 877. The number of nitrogens with one attached hydrogen (secondary N) is 1. The van der Waals surface area contributed by atoms with Gasteiger partial charge in [0, 0.05) is 11.7 Å². The van der Waals surface area contributed by atoms with Crippen LogP contribution in [0.15, 0.2) is 24.4 Å². The maximum absolute atomic E-state index is 13.5. The zero-order valence-electron chi connectivity index (χ0n) is 16.2. The van der Waals surface area contributed by atoms with E-state index in [0.29, 0.717) is 12.7 Å². The van der Waals surface area contributed by atoms with Gasteiger partial charge in [0.25, 0.3) is 6.43 Å². The quantitative estimate of drug-likeness (QED) is 0.608. The number of hydrogen-bond acceptors (Lipinski definition) is 6. The van der Waals surface area contributed by atoms with E-state index in [-0.39, 0.29) is 35.5 Å². The van der Waals surface area contributed by atoms with Crippen LogP contribution in [0.5, 0.6) is 5.75 Å². The summed E-state index contributed by atoms with van der Waals surface area (Å²) in [6.07, 6.45) is -1.76. The van der Waals surface area contributed by atoms with E-state index in [2.05, 4.69) is 20.3 Å². The number of carbonyl (C=O) groups excluding carboxylic acids is 1. The number of hydrogen-bond donors (Lipinski definition) is 2. The van der Waals surface area contributed by atoms with Crippen molar-refractivity contribution in [3.8, 4) is 17.1 Å². The summed E-state index contributed by atoms with van der Waals surface area (Å²) in [7, 11) is 0. The van der Waals surface area contributed by atoms with Crippen LogP contribution in [-0.2, 0) is 0 Å². The summed E-state index contributed by atoms with van der Waals surface area (Å²) in [5.41, 5.74) is -0.821. The average Bonchev–Trinajstić information content (AvgIpc) is 2.64. The van der Waals surface area contributed by atoms with Crippen LogP contribution in [0, 0.1) is 5.92 Å². The SMILES string of the molecule is C[C@H](COc1ccc(-c2ccnc(C=O)n2)nc1C(F)F)CC(C)(C)NC(=O)O. The Morgan fingerprint density at radius 3 is 2.59 bits per heavy atom. The van der Waals surface area contributed by atoms with Gasteiger partial charge in [0.1, 0.15) is 11.4 Å². The molecule has 0 unspecified atom stereocenters. The zero-order chi connectivity index (χ0) is 21.6. The van der Waals surface area contributed by atoms with Gasteiger partial charge in [0.05, 0.1) is 18.0 Å². The second-order valence-corrected chi connectivity index (χ2v) is 7.23. The Morgan fingerprint density at radius 2 is 1.97 bits per heavy atom. The number of nitrogens with zero attached hydrogens (tertiary/aromatic N) is 3. The molecule has 0 aliphatic carbocycles. The fourth-order valence-electron chi connectivity index (χ4n) is 2.96. The Labute approximate surface area is 166 Å². The molecule has 2 aromatic heterocycles. The fraction of sp³-hybridized carbons (Fsp3) is 0.421. The Morgan fingerprint density at radius 1 is 1.28 bits per heavy atom. The third-order valence-electron chi connectivity index (χ3n) is 3.96. The molecule has 2 rings (SSSR count). The summed E-state index contributed by atoms with van der Waals surface area (Å²) in [6.45, 7) is 5.40. The minimum Gasteiger partial charge on any atom is -0.491 e. The summed E-state index contributed by atoms with van der Waals surface area (Å²) in [6, 6.07) is 4.31. The number of pyridine rings is 1. The molecular formula is C19H22F2N4O4. The molecule has 1 amide bonds. The van der Waals surface area contributed by atoms with E-state index in [1.165, 1.54) is 24.4 Å². The number of ether oxygens (including phenoxy) is 1. The van der Waals surface area contributed by atoms with Crippen molar-refractivity contribution in [1.82, 2.24) is 20.3 Å². The van der Waals surface area contributed by atoms with Crippen molar-refractivity contribution >= 4 is 12.4 Å². The topological polar surface area (TPSA) is 114 Å². The van der Waals surface area contributed by atoms with Crippen LogP contribution in [0.4, 0.5) is 13.6 Å². The number of rotatable bonds is 9. The summed E-state index contributed by atoms with van der Waals surface area (Å²) >= 11 is 0. The Balaban J connectivity index is 2.14. The minimum absolute atomic E-state index is 0.0655. The highest BCUT2D eigenvalue weighted by Gasteiger charge is 2.24. The molecule has 0 aliphatic rings. The van der Waals surface area contributed by atoms with E-state index in [0.717, 1.165) is 0 Å². The first-order valence-electron chi connectivity index (χ1n) is 8.83. The van der Waals surface area contributed by atoms with Gasteiger partial charge in [-0.2, -0.15) is 0 Å². The molecule has 156 valence electrons. The van der Waals surface area contributed by atoms with Crippen LogP contribution in [0.3, 0.4) is 0 Å². The van der Waals surface area contributed by atoms with E-state index in [9.17, 15) is 18.4 Å². The second kappa shape index (κ2) is 9.35. The van der Waals surface area contributed by atoms with E-state index < -0.39 is 23.8 Å². The molecule has 1 atom stereocenters. The van der Waals surface area contributed by atoms with Gasteiger partial charge >= 0.3 is 6.09 Å². The molecule has 8 nitrogen and oxygen atoms in total. The maximum Gasteiger partial charge on any atom is 0.405 e. The molecule has 2 N–H and O–H groups in total. The Kier molecular flexibility index (Phi) is 7.13. The molecule has 2 heterocycles. The smallest absolute Gasteiger partial charge is 0.405 e. The summed E-state index contributed by atoms with van der Waals surface area (Å²) < 4.78 is 32.5. The Hall–Kier alpha value is -3.17. The monoisotopic (exact) mass is 408 g/mol. The lowest BCUT2D eigenvalue weighted by molar-refractivity contribution is 0.111. The molecule has 0 saturated carbocycles. The summed E-state index contributed by atoms with van der Waals surface area (Å²) in [5, 5.41) is 11.3. The molecule has 0 radical (unpaired) electrons. The predicted molar refractivity (Wildman–Crippen MR) is 100 cm³/mol. The minimum atomic E-state index is -2.88. The van der Waals surface area contributed by atoms with Crippen LogP contribution in [0.2, 0.25) is 0 Å². The highest BCUT2D eigenvalue weighted by Crippen LogP contribution is 2.30. The molecule has 2 aromatic rings. The maximum atomic E-state index is 13.5. The lowest BCUT2D eigenvalue weighted by atomic mass is 9.92. The van der Waals surface area contributed by atoms with Crippen molar-refractivity contribution in [3.63, 3.8) is 0 Å². The van der Waals surface area contributed by atoms with Gasteiger partial charge in [-0.3, -0.25) is 4.79 Å². The third-order valence-corrected chi connectivity index (χ3v) is 3.96. The molecule has 10 heteroatoms. The fourth-order valence-corrected chi connectivity index (χ4v) is 2.96. The summed E-state index contributed by atoms with van der Waals surface area (Å²) in [4.78, 5) is 33.2. The largest absolute Gasteiger partial charge is 0.491 e. The van der Waals surface area contributed by atoms with E-state index >= 15 is 0 Å². The first kappa shape index (κ1) is 22.1. The van der Waals surface area contributed by atoms with Gasteiger partial charge in [-0.1, -0.05) is 6.92 Å². The zero-order valence-corrected chi connectivity index (χ0v) is 16.2. The average molecular weight is 408 g/mol. The first-order chi connectivity index (χ1) is 13.6. The summed E-state index contributed by atoms with van der Waals surface area (Å²) in [5.74, 6) is -0.252. The highest BCUT2D eigenvalue weighted by atomic mass is 19.3. The van der Waals surface area contributed by atoms with Gasteiger partial charge in [-0.15, -0.1) is 0 Å². The molecule has 0 spiro atoms. The van der Waals surface area contributed by atoms with Crippen LogP contribution >= 0.6 is 0 Å². The molecule has 0 saturated heterocycles. The van der Waals surface area contributed by atoms with Crippen molar-refractivity contribution in [2.45, 2.75) is 39.2 Å². The van der Waals surface area contributed by atoms with Crippen LogP contribution in [-0.4, -0.2) is 44.6 Å². The highest BCUT2D eigenvalue weighted by molar-refractivity contribution is 5.70. The number of carboxylic acid groups (broad SMARTS) is 1. The van der Waals surface area contributed by atoms with E-state index in [4.69, 9.17) is 9.84 Å².